The fourth-order valence-electron chi connectivity index (χ4n) is 4.47. The number of rotatable bonds is 5. The molecular weight excluding hydrogens is 324 g/mol. The molecule has 132 valence electrons. The number of fused-ring (bicyclic) bond motifs is 1. The lowest BCUT2D eigenvalue weighted by molar-refractivity contribution is 0.0730. The van der Waals surface area contributed by atoms with Crippen molar-refractivity contribution in [3.8, 4) is 0 Å². The molecule has 2 heterocycles. The third-order valence-electron chi connectivity index (χ3n) is 5.83. The Morgan fingerprint density at radius 2 is 1.88 bits per heavy atom. The Labute approximate surface area is 144 Å². The Balaban J connectivity index is 1.44. The maximum absolute atomic E-state index is 12.8. The van der Waals surface area contributed by atoms with Crippen molar-refractivity contribution in [1.29, 1.82) is 0 Å². The average Bonchev–Trinajstić information content (AvgIpc) is 3.09. The van der Waals surface area contributed by atoms with Crippen molar-refractivity contribution in [1.82, 2.24) is 9.21 Å². The molecule has 24 heavy (non-hydrogen) atoms. The Hall–Kier alpha value is -0.950. The highest BCUT2D eigenvalue weighted by molar-refractivity contribution is 7.89. The molecule has 2 aliphatic heterocycles. The zero-order valence-electron chi connectivity index (χ0n) is 14.2. The number of benzene rings is 1. The maximum Gasteiger partial charge on any atom is 0.243 e. The molecule has 2 unspecified atom stereocenters. The number of hydrogen-bond acceptors (Lipinski definition) is 4. The van der Waals surface area contributed by atoms with Crippen LogP contribution in [-0.4, -0.2) is 57.0 Å². The highest BCUT2D eigenvalue weighted by atomic mass is 32.2. The number of nitrogens with zero attached hydrogens (tertiary/aromatic N) is 2. The molecule has 3 aliphatic rings. The van der Waals surface area contributed by atoms with E-state index in [1.54, 1.807) is 6.07 Å². The summed E-state index contributed by atoms with van der Waals surface area (Å²) in [6, 6.07) is 7.47. The SMILES string of the molecule is CCC1C2CN(Cc3cccc(S(=O)(=O)N4CCOCC4)c3)CC12. The van der Waals surface area contributed by atoms with Crippen molar-refractivity contribution in [2.45, 2.75) is 24.8 Å². The standard InChI is InChI=1S/C18H26N2O3S/c1-2-16-17-12-19(13-18(16)17)11-14-4-3-5-15(10-14)24(21,22)20-6-8-23-9-7-20/h3-5,10,16-18H,2,6-9,11-13H2,1H3. The monoisotopic (exact) mass is 350 g/mol. The van der Waals surface area contributed by atoms with Crippen molar-refractivity contribution < 1.29 is 13.2 Å². The van der Waals surface area contributed by atoms with Crippen molar-refractivity contribution in [2.75, 3.05) is 39.4 Å². The van der Waals surface area contributed by atoms with E-state index < -0.39 is 10.0 Å². The second kappa shape index (κ2) is 6.41. The number of morpholine rings is 1. The van der Waals surface area contributed by atoms with Crippen LogP contribution in [0.4, 0.5) is 0 Å². The Morgan fingerprint density at radius 1 is 1.17 bits per heavy atom. The summed E-state index contributed by atoms with van der Waals surface area (Å²) in [7, 11) is -3.40. The predicted molar refractivity (Wildman–Crippen MR) is 92.1 cm³/mol. The quantitative estimate of drug-likeness (QED) is 0.812. The van der Waals surface area contributed by atoms with Crippen LogP contribution >= 0.6 is 0 Å². The van der Waals surface area contributed by atoms with Gasteiger partial charge in [-0.15, -0.1) is 0 Å². The van der Waals surface area contributed by atoms with Crippen LogP contribution in [0.25, 0.3) is 0 Å². The fraction of sp³-hybridized carbons (Fsp3) is 0.667. The van der Waals surface area contributed by atoms with Crippen LogP contribution in [-0.2, 0) is 21.3 Å². The molecule has 3 fully saturated rings. The van der Waals surface area contributed by atoms with Crippen molar-refractivity contribution in [3.05, 3.63) is 29.8 Å². The minimum atomic E-state index is -3.40. The second-order valence-electron chi connectivity index (χ2n) is 7.26. The first-order chi connectivity index (χ1) is 11.6. The minimum Gasteiger partial charge on any atom is -0.379 e. The van der Waals surface area contributed by atoms with Gasteiger partial charge in [-0.05, 0) is 35.4 Å². The van der Waals surface area contributed by atoms with E-state index in [4.69, 9.17) is 4.74 Å². The number of likely N-dealkylation sites (tertiary alicyclic amines) is 1. The van der Waals surface area contributed by atoms with Gasteiger partial charge in [-0.1, -0.05) is 25.5 Å². The minimum absolute atomic E-state index is 0.415. The van der Waals surface area contributed by atoms with E-state index in [1.807, 2.05) is 18.2 Å². The normalized spacial score (nSPS) is 31.1. The number of ether oxygens (including phenoxy) is 1. The lowest BCUT2D eigenvalue weighted by atomic mass is 10.2. The first kappa shape index (κ1) is 16.5. The molecule has 0 spiro atoms. The van der Waals surface area contributed by atoms with Crippen molar-refractivity contribution >= 4 is 10.0 Å². The van der Waals surface area contributed by atoms with Crippen LogP contribution in [0.15, 0.2) is 29.2 Å². The average molecular weight is 350 g/mol. The summed E-state index contributed by atoms with van der Waals surface area (Å²) >= 11 is 0. The molecule has 2 atom stereocenters. The maximum atomic E-state index is 12.8. The van der Waals surface area contributed by atoms with Gasteiger partial charge < -0.3 is 4.74 Å². The summed E-state index contributed by atoms with van der Waals surface area (Å²) < 4.78 is 32.3. The number of sulfonamides is 1. The van der Waals surface area contributed by atoms with Gasteiger partial charge in [0, 0.05) is 32.7 Å². The first-order valence-corrected chi connectivity index (χ1v) is 10.4. The van der Waals surface area contributed by atoms with Gasteiger partial charge in [0.05, 0.1) is 18.1 Å². The van der Waals surface area contributed by atoms with Gasteiger partial charge in [-0.25, -0.2) is 8.42 Å². The molecule has 5 nitrogen and oxygen atoms in total. The zero-order chi connectivity index (χ0) is 16.7. The predicted octanol–water partition coefficient (Wildman–Crippen LogP) is 1.80. The van der Waals surface area contributed by atoms with Crippen LogP contribution < -0.4 is 0 Å². The van der Waals surface area contributed by atoms with E-state index in [2.05, 4.69) is 11.8 Å². The molecule has 0 N–H and O–H groups in total. The summed E-state index contributed by atoms with van der Waals surface area (Å²) in [5.41, 5.74) is 1.10. The molecule has 0 aromatic heterocycles. The van der Waals surface area contributed by atoms with E-state index in [0.717, 1.165) is 29.9 Å². The largest absolute Gasteiger partial charge is 0.379 e. The highest BCUT2D eigenvalue weighted by Crippen LogP contribution is 2.53. The van der Waals surface area contributed by atoms with Crippen LogP contribution in [0, 0.1) is 17.8 Å². The molecule has 1 aromatic rings. The Bertz CT molecular complexity index is 688. The number of hydrogen-bond donors (Lipinski definition) is 0. The van der Waals surface area contributed by atoms with E-state index in [1.165, 1.54) is 23.8 Å². The molecular formula is C18H26N2O3S. The van der Waals surface area contributed by atoms with Crippen LogP contribution in [0.5, 0.6) is 0 Å². The number of piperidine rings is 1. The van der Waals surface area contributed by atoms with Gasteiger partial charge in [-0.3, -0.25) is 4.90 Å². The molecule has 4 rings (SSSR count). The molecule has 1 aromatic carbocycles. The third-order valence-corrected chi connectivity index (χ3v) is 7.73. The van der Waals surface area contributed by atoms with E-state index in [0.29, 0.717) is 31.2 Å². The summed E-state index contributed by atoms with van der Waals surface area (Å²) in [5.74, 6) is 2.71. The van der Waals surface area contributed by atoms with E-state index in [9.17, 15) is 8.42 Å². The van der Waals surface area contributed by atoms with Crippen LogP contribution in [0.3, 0.4) is 0 Å². The van der Waals surface area contributed by atoms with Gasteiger partial charge in [0.1, 0.15) is 0 Å². The van der Waals surface area contributed by atoms with E-state index in [-0.39, 0.29) is 0 Å². The van der Waals surface area contributed by atoms with Crippen molar-refractivity contribution in [2.24, 2.45) is 17.8 Å². The summed E-state index contributed by atoms with van der Waals surface area (Å²) in [6.45, 7) is 7.33. The highest BCUT2D eigenvalue weighted by Gasteiger charge is 2.53. The second-order valence-corrected chi connectivity index (χ2v) is 9.20. The van der Waals surface area contributed by atoms with Gasteiger partial charge in [0.15, 0.2) is 0 Å². The van der Waals surface area contributed by atoms with Gasteiger partial charge in [0.2, 0.25) is 10.0 Å². The lowest BCUT2D eigenvalue weighted by Crippen LogP contribution is -2.40. The molecule has 6 heteroatoms. The first-order valence-electron chi connectivity index (χ1n) is 8.99. The van der Waals surface area contributed by atoms with Gasteiger partial charge >= 0.3 is 0 Å². The molecule has 0 bridgehead atoms. The van der Waals surface area contributed by atoms with Crippen LogP contribution in [0.2, 0.25) is 0 Å². The van der Waals surface area contributed by atoms with Crippen molar-refractivity contribution in [3.63, 3.8) is 0 Å². The molecule has 0 radical (unpaired) electrons. The Morgan fingerprint density at radius 3 is 2.54 bits per heavy atom. The lowest BCUT2D eigenvalue weighted by Gasteiger charge is -2.26. The topological polar surface area (TPSA) is 49.9 Å². The van der Waals surface area contributed by atoms with Crippen LogP contribution in [0.1, 0.15) is 18.9 Å². The molecule has 2 saturated heterocycles. The summed E-state index contributed by atoms with van der Waals surface area (Å²) in [4.78, 5) is 2.89. The fourth-order valence-corrected chi connectivity index (χ4v) is 5.95. The molecule has 1 saturated carbocycles. The zero-order valence-corrected chi connectivity index (χ0v) is 15.0. The van der Waals surface area contributed by atoms with Gasteiger partial charge in [0.25, 0.3) is 0 Å². The third kappa shape index (κ3) is 3.01. The summed E-state index contributed by atoms with van der Waals surface area (Å²) in [5, 5.41) is 0. The van der Waals surface area contributed by atoms with Gasteiger partial charge in [-0.2, -0.15) is 4.31 Å². The summed E-state index contributed by atoms with van der Waals surface area (Å²) in [6.07, 6.45) is 1.30. The smallest absolute Gasteiger partial charge is 0.243 e. The molecule has 0 amide bonds. The molecule has 1 aliphatic carbocycles. The Kier molecular flexibility index (Phi) is 4.41. The van der Waals surface area contributed by atoms with E-state index >= 15 is 0 Å².